The zero-order valence-electron chi connectivity index (χ0n) is 9.31. The van der Waals surface area contributed by atoms with E-state index < -0.39 is 0 Å². The summed E-state index contributed by atoms with van der Waals surface area (Å²) in [6.07, 6.45) is 0. The fraction of sp³-hybridized carbons (Fsp3) is 0.200. The van der Waals surface area contributed by atoms with Crippen molar-refractivity contribution in [3.63, 3.8) is 0 Å². The Morgan fingerprint density at radius 2 is 1.19 bits per heavy atom. The Labute approximate surface area is 105 Å². The van der Waals surface area contributed by atoms with E-state index in [1.807, 2.05) is 0 Å². The standard InChI is InChI=1S/C15H15Br/c1-12(13-8-4-2-5-9-13)15(16)14-10-6-3-7-11-14/h2-12,15H,1H3/t12-,15+/m0/s1. The Hall–Kier alpha value is -1.08. The van der Waals surface area contributed by atoms with Gasteiger partial charge in [0.1, 0.15) is 0 Å². The number of hydrogen-bond acceptors (Lipinski definition) is 0. The smallest absolute Gasteiger partial charge is 0.0461 e. The van der Waals surface area contributed by atoms with Crippen molar-refractivity contribution in [2.75, 3.05) is 0 Å². The molecule has 16 heavy (non-hydrogen) atoms. The second-order valence-electron chi connectivity index (χ2n) is 4.01. The lowest BCUT2D eigenvalue weighted by Crippen LogP contribution is -2.01. The lowest BCUT2D eigenvalue weighted by atomic mass is 9.94. The molecule has 0 aliphatic rings. The van der Waals surface area contributed by atoms with E-state index in [-0.39, 0.29) is 0 Å². The van der Waals surface area contributed by atoms with E-state index in [0.29, 0.717) is 10.7 Å². The number of halogens is 1. The monoisotopic (exact) mass is 274 g/mol. The topological polar surface area (TPSA) is 0 Å². The summed E-state index contributed by atoms with van der Waals surface area (Å²) in [6.45, 7) is 2.25. The van der Waals surface area contributed by atoms with Crippen LogP contribution in [0, 0.1) is 0 Å². The Kier molecular flexibility index (Phi) is 3.79. The van der Waals surface area contributed by atoms with E-state index in [4.69, 9.17) is 0 Å². The third kappa shape index (κ3) is 2.53. The van der Waals surface area contributed by atoms with Gasteiger partial charge in [-0.25, -0.2) is 0 Å². The SMILES string of the molecule is C[C@@H](c1ccccc1)[C@@H](Br)c1ccccc1. The molecule has 0 heterocycles. The van der Waals surface area contributed by atoms with Gasteiger partial charge in [-0.05, 0) is 17.0 Å². The van der Waals surface area contributed by atoms with Crippen molar-refractivity contribution in [1.82, 2.24) is 0 Å². The van der Waals surface area contributed by atoms with Gasteiger partial charge >= 0.3 is 0 Å². The molecule has 0 nitrogen and oxygen atoms in total. The van der Waals surface area contributed by atoms with Crippen LogP contribution in [-0.4, -0.2) is 0 Å². The van der Waals surface area contributed by atoms with E-state index >= 15 is 0 Å². The van der Waals surface area contributed by atoms with Crippen LogP contribution in [0.25, 0.3) is 0 Å². The highest BCUT2D eigenvalue weighted by molar-refractivity contribution is 9.09. The zero-order chi connectivity index (χ0) is 11.4. The zero-order valence-corrected chi connectivity index (χ0v) is 10.9. The number of rotatable bonds is 3. The van der Waals surface area contributed by atoms with Crippen molar-refractivity contribution in [3.05, 3.63) is 71.8 Å². The fourth-order valence-electron chi connectivity index (χ4n) is 1.85. The molecule has 0 amide bonds. The molecule has 0 N–H and O–H groups in total. The van der Waals surface area contributed by atoms with Gasteiger partial charge < -0.3 is 0 Å². The molecule has 0 aliphatic heterocycles. The van der Waals surface area contributed by atoms with Crippen LogP contribution in [-0.2, 0) is 0 Å². The molecule has 0 unspecified atom stereocenters. The Morgan fingerprint density at radius 3 is 1.69 bits per heavy atom. The molecule has 2 rings (SSSR count). The molecule has 0 spiro atoms. The van der Waals surface area contributed by atoms with E-state index in [1.54, 1.807) is 0 Å². The van der Waals surface area contributed by atoms with Crippen LogP contribution in [0.3, 0.4) is 0 Å². The van der Waals surface area contributed by atoms with Gasteiger partial charge in [0.25, 0.3) is 0 Å². The summed E-state index contributed by atoms with van der Waals surface area (Å²) in [5.74, 6) is 0.476. The maximum Gasteiger partial charge on any atom is 0.0461 e. The average molecular weight is 275 g/mol. The first-order valence-electron chi connectivity index (χ1n) is 5.53. The summed E-state index contributed by atoms with van der Waals surface area (Å²) < 4.78 is 0. The molecule has 82 valence electrons. The van der Waals surface area contributed by atoms with E-state index in [2.05, 4.69) is 83.5 Å². The van der Waals surface area contributed by atoms with Crippen molar-refractivity contribution >= 4 is 15.9 Å². The van der Waals surface area contributed by atoms with Crippen molar-refractivity contribution in [3.8, 4) is 0 Å². The molecular weight excluding hydrogens is 260 g/mol. The summed E-state index contributed by atoms with van der Waals surface area (Å²) in [5.41, 5.74) is 2.70. The fourth-order valence-corrected chi connectivity index (χ4v) is 2.46. The van der Waals surface area contributed by atoms with Gasteiger partial charge in [0, 0.05) is 4.83 Å². The summed E-state index contributed by atoms with van der Waals surface area (Å²) >= 11 is 3.79. The van der Waals surface area contributed by atoms with Crippen LogP contribution >= 0.6 is 15.9 Å². The normalized spacial score (nSPS) is 14.4. The first-order valence-corrected chi connectivity index (χ1v) is 6.44. The number of benzene rings is 2. The van der Waals surface area contributed by atoms with E-state index in [0.717, 1.165) is 0 Å². The van der Waals surface area contributed by atoms with Crippen LogP contribution in [0.15, 0.2) is 60.7 Å². The minimum Gasteiger partial charge on any atom is -0.0832 e. The molecule has 0 saturated carbocycles. The molecule has 0 fully saturated rings. The molecule has 2 atom stereocenters. The first-order chi connectivity index (χ1) is 7.79. The van der Waals surface area contributed by atoms with Crippen molar-refractivity contribution in [2.24, 2.45) is 0 Å². The predicted octanol–water partition coefficient (Wildman–Crippen LogP) is 4.93. The Morgan fingerprint density at radius 1 is 0.750 bits per heavy atom. The second-order valence-corrected chi connectivity index (χ2v) is 5.00. The maximum absolute atomic E-state index is 3.79. The molecule has 0 saturated heterocycles. The van der Waals surface area contributed by atoms with E-state index in [1.165, 1.54) is 11.1 Å². The van der Waals surface area contributed by atoms with Crippen LogP contribution in [0.1, 0.15) is 28.8 Å². The van der Waals surface area contributed by atoms with Crippen molar-refractivity contribution < 1.29 is 0 Å². The Bertz CT molecular complexity index is 378. The largest absolute Gasteiger partial charge is 0.0832 e. The molecule has 0 aromatic heterocycles. The van der Waals surface area contributed by atoms with Gasteiger partial charge in [-0.3, -0.25) is 0 Å². The predicted molar refractivity (Wildman–Crippen MR) is 73.0 cm³/mol. The van der Waals surface area contributed by atoms with Gasteiger partial charge in [0.15, 0.2) is 0 Å². The molecule has 2 aromatic rings. The van der Waals surface area contributed by atoms with Crippen LogP contribution in [0.5, 0.6) is 0 Å². The molecule has 0 radical (unpaired) electrons. The lowest BCUT2D eigenvalue weighted by Gasteiger charge is -2.19. The summed E-state index contributed by atoms with van der Waals surface area (Å²) in [5, 5.41) is 0. The molecular formula is C15H15Br. The van der Waals surface area contributed by atoms with Gasteiger partial charge in [-0.15, -0.1) is 0 Å². The highest BCUT2D eigenvalue weighted by Crippen LogP contribution is 2.37. The van der Waals surface area contributed by atoms with Crippen LogP contribution in [0.4, 0.5) is 0 Å². The number of hydrogen-bond donors (Lipinski definition) is 0. The quantitative estimate of drug-likeness (QED) is 0.697. The van der Waals surface area contributed by atoms with Crippen molar-refractivity contribution in [1.29, 1.82) is 0 Å². The summed E-state index contributed by atoms with van der Waals surface area (Å²) in [4.78, 5) is 0.371. The van der Waals surface area contributed by atoms with Gasteiger partial charge in [-0.1, -0.05) is 83.5 Å². The highest BCUT2D eigenvalue weighted by Gasteiger charge is 2.16. The summed E-state index contributed by atoms with van der Waals surface area (Å²) in [6, 6.07) is 21.2. The van der Waals surface area contributed by atoms with Crippen LogP contribution in [0.2, 0.25) is 0 Å². The number of alkyl halides is 1. The molecule has 2 aromatic carbocycles. The van der Waals surface area contributed by atoms with Gasteiger partial charge in [0.05, 0.1) is 0 Å². The Balaban J connectivity index is 2.20. The molecule has 1 heteroatoms. The lowest BCUT2D eigenvalue weighted by molar-refractivity contribution is 0.752. The second kappa shape index (κ2) is 5.31. The summed E-state index contributed by atoms with van der Waals surface area (Å²) in [7, 11) is 0. The van der Waals surface area contributed by atoms with Gasteiger partial charge in [0.2, 0.25) is 0 Å². The highest BCUT2D eigenvalue weighted by atomic mass is 79.9. The first kappa shape index (κ1) is 11.4. The van der Waals surface area contributed by atoms with Crippen molar-refractivity contribution in [2.45, 2.75) is 17.7 Å². The minimum absolute atomic E-state index is 0.371. The van der Waals surface area contributed by atoms with E-state index in [9.17, 15) is 0 Å². The van der Waals surface area contributed by atoms with Crippen LogP contribution < -0.4 is 0 Å². The molecule has 0 aliphatic carbocycles. The maximum atomic E-state index is 3.79. The van der Waals surface area contributed by atoms with Gasteiger partial charge in [-0.2, -0.15) is 0 Å². The third-order valence-electron chi connectivity index (χ3n) is 2.88. The molecule has 0 bridgehead atoms. The third-order valence-corrected chi connectivity index (χ3v) is 4.20. The minimum atomic E-state index is 0.371. The average Bonchev–Trinajstić information content (AvgIpc) is 2.39.